The van der Waals surface area contributed by atoms with Crippen molar-refractivity contribution in [3.8, 4) is 0 Å². The van der Waals surface area contributed by atoms with Crippen LogP contribution in [0.5, 0.6) is 0 Å². The van der Waals surface area contributed by atoms with Gasteiger partial charge in [0.2, 0.25) is 10.0 Å². The molecule has 2 aromatic rings. The zero-order valence-corrected chi connectivity index (χ0v) is 11.8. The van der Waals surface area contributed by atoms with E-state index in [1.54, 1.807) is 6.07 Å². The summed E-state index contributed by atoms with van der Waals surface area (Å²) >= 11 is 0. The van der Waals surface area contributed by atoms with Gasteiger partial charge < -0.3 is 10.7 Å². The molecule has 106 valence electrons. The predicted octanol–water partition coefficient (Wildman–Crippen LogP) is 1.09. The van der Waals surface area contributed by atoms with E-state index < -0.39 is 10.0 Å². The van der Waals surface area contributed by atoms with Crippen LogP contribution in [0.4, 0.5) is 0 Å². The molecule has 0 amide bonds. The number of nitrogens with one attached hydrogen (secondary N) is 2. The Balaban J connectivity index is 1.67. The van der Waals surface area contributed by atoms with Crippen LogP contribution in [0.15, 0.2) is 41.4 Å². The Kier molecular flexibility index (Phi) is 3.37. The van der Waals surface area contributed by atoms with E-state index in [1.165, 1.54) is 17.3 Å². The third-order valence-corrected chi connectivity index (χ3v) is 5.13. The number of aromatic amines is 1. The van der Waals surface area contributed by atoms with Crippen LogP contribution in [0, 0.1) is 0 Å². The molecule has 1 unspecified atom stereocenters. The van der Waals surface area contributed by atoms with Gasteiger partial charge in [0.1, 0.15) is 0 Å². The van der Waals surface area contributed by atoms with Gasteiger partial charge in [0.05, 0.1) is 4.90 Å². The highest BCUT2D eigenvalue weighted by Crippen LogP contribution is 2.34. The third-order valence-electron chi connectivity index (χ3n) is 3.73. The zero-order chi connectivity index (χ0) is 14.2. The molecule has 0 radical (unpaired) electrons. The lowest BCUT2D eigenvalue weighted by molar-refractivity contribution is 0.552. The molecule has 5 nitrogen and oxygen atoms in total. The van der Waals surface area contributed by atoms with Crippen molar-refractivity contribution < 1.29 is 8.42 Å². The summed E-state index contributed by atoms with van der Waals surface area (Å²) in [6.45, 7) is 0.730. The molecule has 3 rings (SSSR count). The molecule has 0 bridgehead atoms. The first-order valence-electron chi connectivity index (χ1n) is 6.55. The van der Waals surface area contributed by atoms with Crippen molar-refractivity contribution in [2.24, 2.45) is 5.73 Å². The van der Waals surface area contributed by atoms with E-state index in [0.717, 1.165) is 6.42 Å². The van der Waals surface area contributed by atoms with Gasteiger partial charge in [-0.1, -0.05) is 24.3 Å². The van der Waals surface area contributed by atoms with E-state index in [9.17, 15) is 8.42 Å². The minimum Gasteiger partial charge on any atom is -0.363 e. The standard InChI is InChI=1S/C14H17N3O2S/c15-7-12-6-13(9-16-12)20(18,19)17-8-11-5-10-3-1-2-4-14(10)11/h1-4,6,9,11,16-17H,5,7-8,15H2. The van der Waals surface area contributed by atoms with Crippen molar-refractivity contribution in [1.82, 2.24) is 9.71 Å². The van der Waals surface area contributed by atoms with E-state index in [-0.39, 0.29) is 10.8 Å². The highest BCUT2D eigenvalue weighted by atomic mass is 32.2. The van der Waals surface area contributed by atoms with Crippen LogP contribution < -0.4 is 10.5 Å². The van der Waals surface area contributed by atoms with Gasteiger partial charge >= 0.3 is 0 Å². The molecule has 0 saturated heterocycles. The number of hydrogen-bond acceptors (Lipinski definition) is 3. The number of rotatable bonds is 5. The predicted molar refractivity (Wildman–Crippen MR) is 76.8 cm³/mol. The lowest BCUT2D eigenvalue weighted by Gasteiger charge is -2.30. The van der Waals surface area contributed by atoms with Crippen molar-refractivity contribution in [2.45, 2.75) is 23.8 Å². The van der Waals surface area contributed by atoms with Crippen LogP contribution in [0.25, 0.3) is 0 Å². The first-order chi connectivity index (χ1) is 9.60. The molecule has 4 N–H and O–H groups in total. The average Bonchev–Trinajstić information content (AvgIpc) is 2.89. The van der Waals surface area contributed by atoms with Gasteiger partial charge in [-0.05, 0) is 23.6 Å². The fourth-order valence-corrected chi connectivity index (χ4v) is 3.63. The van der Waals surface area contributed by atoms with Crippen molar-refractivity contribution in [1.29, 1.82) is 0 Å². The monoisotopic (exact) mass is 291 g/mol. The van der Waals surface area contributed by atoms with Gasteiger partial charge in [-0.3, -0.25) is 0 Å². The Labute approximate surface area is 118 Å². The minimum absolute atomic E-state index is 0.241. The molecule has 0 fully saturated rings. The molecule has 0 aliphatic heterocycles. The van der Waals surface area contributed by atoms with Gasteiger partial charge in [0.25, 0.3) is 0 Å². The fraction of sp³-hybridized carbons (Fsp3) is 0.286. The number of benzene rings is 1. The summed E-state index contributed by atoms with van der Waals surface area (Å²) in [4.78, 5) is 3.09. The zero-order valence-electron chi connectivity index (χ0n) is 11.0. The summed E-state index contributed by atoms with van der Waals surface area (Å²) in [5.41, 5.74) is 8.73. The molecule has 1 atom stereocenters. The minimum atomic E-state index is -3.46. The maximum atomic E-state index is 12.1. The summed E-state index contributed by atoms with van der Waals surface area (Å²) in [7, 11) is -3.46. The molecular formula is C14H17N3O2S. The number of hydrogen-bond donors (Lipinski definition) is 3. The normalized spacial score (nSPS) is 17.6. The summed E-state index contributed by atoms with van der Waals surface area (Å²) in [6.07, 6.45) is 2.40. The second-order valence-corrected chi connectivity index (χ2v) is 6.78. The maximum absolute atomic E-state index is 12.1. The van der Waals surface area contributed by atoms with E-state index in [4.69, 9.17) is 5.73 Å². The van der Waals surface area contributed by atoms with Crippen LogP contribution in [-0.2, 0) is 23.0 Å². The molecule has 0 spiro atoms. The van der Waals surface area contributed by atoms with Crippen LogP contribution in [0.1, 0.15) is 22.7 Å². The molecular weight excluding hydrogens is 274 g/mol. The summed E-state index contributed by atoms with van der Waals surface area (Å²) in [5.74, 6) is 0.272. The quantitative estimate of drug-likeness (QED) is 0.770. The van der Waals surface area contributed by atoms with E-state index in [0.29, 0.717) is 18.8 Å². The van der Waals surface area contributed by atoms with Crippen LogP contribution >= 0.6 is 0 Å². The maximum Gasteiger partial charge on any atom is 0.242 e. The Morgan fingerprint density at radius 3 is 2.85 bits per heavy atom. The van der Waals surface area contributed by atoms with Crippen LogP contribution in [0.3, 0.4) is 0 Å². The molecule has 1 aromatic heterocycles. The van der Waals surface area contributed by atoms with Crippen LogP contribution in [-0.4, -0.2) is 19.9 Å². The van der Waals surface area contributed by atoms with Crippen LogP contribution in [0.2, 0.25) is 0 Å². The second kappa shape index (κ2) is 5.05. The molecule has 1 aliphatic rings. The van der Waals surface area contributed by atoms with Gasteiger partial charge in [-0.2, -0.15) is 0 Å². The summed E-state index contributed by atoms with van der Waals surface area (Å²) in [5, 5.41) is 0. The lowest BCUT2D eigenvalue weighted by atomic mass is 9.78. The SMILES string of the molecule is NCc1cc(S(=O)(=O)NCC2Cc3ccccc32)c[nH]1. The van der Waals surface area contributed by atoms with Gasteiger partial charge in [0, 0.05) is 30.9 Å². The van der Waals surface area contributed by atoms with Crippen molar-refractivity contribution in [2.75, 3.05) is 6.54 Å². The fourth-order valence-electron chi connectivity index (χ4n) is 2.53. The van der Waals surface area contributed by atoms with Crippen molar-refractivity contribution in [3.63, 3.8) is 0 Å². The molecule has 0 saturated carbocycles. The van der Waals surface area contributed by atoms with E-state index in [2.05, 4.69) is 21.8 Å². The topological polar surface area (TPSA) is 88.0 Å². The van der Waals surface area contributed by atoms with Crippen molar-refractivity contribution in [3.05, 3.63) is 53.3 Å². The molecule has 6 heteroatoms. The lowest BCUT2D eigenvalue weighted by Crippen LogP contribution is -2.33. The Bertz CT molecular complexity index is 722. The smallest absolute Gasteiger partial charge is 0.242 e. The average molecular weight is 291 g/mol. The Hall–Kier alpha value is -1.63. The number of nitrogens with two attached hydrogens (primary N) is 1. The molecule has 1 aliphatic carbocycles. The van der Waals surface area contributed by atoms with Gasteiger partial charge in [0.15, 0.2) is 0 Å². The number of aromatic nitrogens is 1. The summed E-state index contributed by atoms with van der Waals surface area (Å²) < 4.78 is 27.0. The molecule has 1 aromatic carbocycles. The Morgan fingerprint density at radius 2 is 2.15 bits per heavy atom. The number of fused-ring (bicyclic) bond motifs is 1. The second-order valence-electron chi connectivity index (χ2n) is 5.02. The molecule has 1 heterocycles. The first kappa shape index (κ1) is 13.4. The largest absolute Gasteiger partial charge is 0.363 e. The first-order valence-corrected chi connectivity index (χ1v) is 8.03. The third kappa shape index (κ3) is 2.37. The van der Waals surface area contributed by atoms with Crippen molar-refractivity contribution >= 4 is 10.0 Å². The highest BCUT2D eigenvalue weighted by molar-refractivity contribution is 7.89. The van der Waals surface area contributed by atoms with Gasteiger partial charge in [-0.15, -0.1) is 0 Å². The Morgan fingerprint density at radius 1 is 1.35 bits per heavy atom. The summed E-state index contributed by atoms with van der Waals surface area (Å²) in [6, 6.07) is 9.70. The number of sulfonamides is 1. The van der Waals surface area contributed by atoms with E-state index in [1.807, 2.05) is 12.1 Å². The highest BCUT2D eigenvalue weighted by Gasteiger charge is 2.27. The van der Waals surface area contributed by atoms with Gasteiger partial charge in [-0.25, -0.2) is 13.1 Å². The van der Waals surface area contributed by atoms with E-state index >= 15 is 0 Å². The molecule has 20 heavy (non-hydrogen) atoms. The number of H-pyrrole nitrogens is 1.